The largest absolute Gasteiger partial charge is 0.494 e. The van der Waals surface area contributed by atoms with E-state index in [0.717, 1.165) is 11.3 Å². The van der Waals surface area contributed by atoms with Gasteiger partial charge in [-0.25, -0.2) is 9.97 Å². The maximum Gasteiger partial charge on any atom is 0.227 e. The van der Waals surface area contributed by atoms with Gasteiger partial charge in [-0.3, -0.25) is 0 Å². The minimum atomic E-state index is 0.204. The molecule has 1 aromatic heterocycles. The van der Waals surface area contributed by atoms with Gasteiger partial charge in [0.1, 0.15) is 12.1 Å². The van der Waals surface area contributed by atoms with Gasteiger partial charge in [0.05, 0.1) is 6.61 Å². The van der Waals surface area contributed by atoms with Crippen molar-refractivity contribution in [3.8, 4) is 5.75 Å². The zero-order chi connectivity index (χ0) is 12.8. The molecule has 3 N–H and O–H groups in total. The van der Waals surface area contributed by atoms with Crippen LogP contribution >= 0.6 is 0 Å². The third-order valence-corrected chi connectivity index (χ3v) is 2.25. The Kier molecular flexibility index (Phi) is 3.90. The first kappa shape index (κ1) is 12.1. The van der Waals surface area contributed by atoms with Crippen molar-refractivity contribution in [3.63, 3.8) is 0 Å². The first-order valence-corrected chi connectivity index (χ1v) is 5.68. The predicted molar refractivity (Wildman–Crippen MR) is 69.2 cm³/mol. The van der Waals surface area contributed by atoms with Crippen LogP contribution in [0, 0.1) is 0 Å². The summed E-state index contributed by atoms with van der Waals surface area (Å²) in [5.41, 5.74) is 6.55. The molecule has 0 radical (unpaired) electrons. The second-order valence-corrected chi connectivity index (χ2v) is 3.60. The van der Waals surface area contributed by atoms with E-state index in [1.807, 2.05) is 31.2 Å². The highest BCUT2D eigenvalue weighted by Crippen LogP contribution is 2.14. The van der Waals surface area contributed by atoms with E-state index in [1.54, 1.807) is 0 Å². The Morgan fingerprint density at radius 2 is 2.22 bits per heavy atom. The Morgan fingerprint density at radius 3 is 3.00 bits per heavy atom. The molecule has 0 atom stereocenters. The summed E-state index contributed by atoms with van der Waals surface area (Å²) < 4.78 is 5.43. The van der Waals surface area contributed by atoms with Crippen molar-refractivity contribution < 1.29 is 4.74 Å². The topological polar surface area (TPSA) is 86.0 Å². The summed E-state index contributed by atoms with van der Waals surface area (Å²) in [5, 5.41) is 3.07. The number of ether oxygens (including phenoxy) is 1. The summed E-state index contributed by atoms with van der Waals surface area (Å²) in [7, 11) is 0. The number of nitrogen functional groups attached to an aromatic ring is 1. The monoisotopic (exact) mass is 245 g/mol. The molecule has 2 rings (SSSR count). The molecule has 0 fully saturated rings. The Labute approximate surface area is 105 Å². The number of rotatable bonds is 5. The van der Waals surface area contributed by atoms with Crippen LogP contribution in [0.1, 0.15) is 12.5 Å². The van der Waals surface area contributed by atoms with Gasteiger partial charge in [-0.2, -0.15) is 4.98 Å². The Bertz CT molecular complexity index is 517. The van der Waals surface area contributed by atoms with Crippen molar-refractivity contribution in [1.29, 1.82) is 0 Å². The van der Waals surface area contributed by atoms with E-state index in [0.29, 0.717) is 19.1 Å². The van der Waals surface area contributed by atoms with Crippen LogP contribution in [0.25, 0.3) is 0 Å². The average Bonchev–Trinajstić information content (AvgIpc) is 2.37. The lowest BCUT2D eigenvalue weighted by atomic mass is 10.2. The zero-order valence-corrected chi connectivity index (χ0v) is 10.1. The quantitative estimate of drug-likeness (QED) is 0.829. The minimum absolute atomic E-state index is 0.204. The van der Waals surface area contributed by atoms with Crippen molar-refractivity contribution in [2.24, 2.45) is 0 Å². The molecule has 0 unspecified atom stereocenters. The first-order chi connectivity index (χ1) is 8.78. The van der Waals surface area contributed by atoms with Crippen molar-refractivity contribution in [2.45, 2.75) is 13.5 Å². The van der Waals surface area contributed by atoms with E-state index in [-0.39, 0.29) is 5.95 Å². The first-order valence-electron chi connectivity index (χ1n) is 5.68. The van der Waals surface area contributed by atoms with Gasteiger partial charge < -0.3 is 15.8 Å². The van der Waals surface area contributed by atoms with Crippen molar-refractivity contribution in [3.05, 3.63) is 36.2 Å². The maximum absolute atomic E-state index is 5.47. The number of aromatic nitrogens is 3. The molecule has 6 nitrogen and oxygen atoms in total. The average molecular weight is 245 g/mol. The smallest absolute Gasteiger partial charge is 0.227 e. The van der Waals surface area contributed by atoms with E-state index in [4.69, 9.17) is 10.5 Å². The maximum atomic E-state index is 5.47. The van der Waals surface area contributed by atoms with Crippen LogP contribution in [0.5, 0.6) is 5.75 Å². The van der Waals surface area contributed by atoms with E-state index in [1.165, 1.54) is 6.33 Å². The van der Waals surface area contributed by atoms with Gasteiger partial charge in [-0.05, 0) is 24.6 Å². The molecule has 0 spiro atoms. The molecule has 18 heavy (non-hydrogen) atoms. The summed E-state index contributed by atoms with van der Waals surface area (Å²) in [6.45, 7) is 3.21. The van der Waals surface area contributed by atoms with Crippen molar-refractivity contribution >= 4 is 11.9 Å². The standard InChI is InChI=1S/C12H15N5O/c1-2-18-10-5-3-4-9(6-10)7-14-12-16-8-15-11(13)17-12/h3-6,8H,2,7H2,1H3,(H3,13,14,15,16,17). The van der Waals surface area contributed by atoms with Gasteiger partial charge in [0.2, 0.25) is 11.9 Å². The number of anilines is 2. The second kappa shape index (κ2) is 5.81. The molecule has 0 saturated carbocycles. The summed E-state index contributed by atoms with van der Waals surface area (Å²) in [6, 6.07) is 7.85. The van der Waals surface area contributed by atoms with E-state index in [9.17, 15) is 0 Å². The molecular formula is C12H15N5O. The normalized spacial score (nSPS) is 10.1. The Hall–Kier alpha value is -2.37. The summed E-state index contributed by atoms with van der Waals surface area (Å²) >= 11 is 0. The fraction of sp³-hybridized carbons (Fsp3) is 0.250. The Balaban J connectivity index is 1.99. The summed E-state index contributed by atoms with van der Waals surface area (Å²) in [5.74, 6) is 1.52. The molecule has 0 aliphatic carbocycles. The highest BCUT2D eigenvalue weighted by Gasteiger charge is 1.99. The van der Waals surface area contributed by atoms with Crippen molar-refractivity contribution in [1.82, 2.24) is 15.0 Å². The number of nitrogens with zero attached hydrogens (tertiary/aromatic N) is 3. The van der Waals surface area contributed by atoms with E-state index < -0.39 is 0 Å². The number of benzene rings is 1. The number of nitrogens with one attached hydrogen (secondary N) is 1. The third kappa shape index (κ3) is 3.31. The van der Waals surface area contributed by atoms with Crippen molar-refractivity contribution in [2.75, 3.05) is 17.7 Å². The van der Waals surface area contributed by atoms with Crippen LogP contribution in [0.15, 0.2) is 30.6 Å². The molecule has 0 saturated heterocycles. The molecule has 0 aliphatic rings. The van der Waals surface area contributed by atoms with Gasteiger partial charge in [0, 0.05) is 6.54 Å². The predicted octanol–water partition coefficient (Wildman–Crippen LogP) is 1.46. The Morgan fingerprint density at radius 1 is 1.33 bits per heavy atom. The van der Waals surface area contributed by atoms with E-state index >= 15 is 0 Å². The van der Waals surface area contributed by atoms with Gasteiger partial charge in [0.15, 0.2) is 0 Å². The summed E-state index contributed by atoms with van der Waals surface area (Å²) in [6.07, 6.45) is 1.38. The SMILES string of the molecule is CCOc1cccc(CNc2ncnc(N)n2)c1. The molecule has 94 valence electrons. The minimum Gasteiger partial charge on any atom is -0.494 e. The molecule has 0 bridgehead atoms. The van der Waals surface area contributed by atoms with E-state index in [2.05, 4.69) is 20.3 Å². The molecule has 2 aromatic rings. The number of hydrogen-bond acceptors (Lipinski definition) is 6. The van der Waals surface area contributed by atoms with Crippen LogP contribution in [0.2, 0.25) is 0 Å². The lowest BCUT2D eigenvalue weighted by Crippen LogP contribution is -2.06. The van der Waals surface area contributed by atoms with Gasteiger partial charge in [-0.1, -0.05) is 12.1 Å². The highest BCUT2D eigenvalue weighted by atomic mass is 16.5. The fourth-order valence-corrected chi connectivity index (χ4v) is 1.49. The molecule has 0 amide bonds. The van der Waals surface area contributed by atoms with Crippen LogP contribution in [0.4, 0.5) is 11.9 Å². The van der Waals surface area contributed by atoms with Crippen LogP contribution in [0.3, 0.4) is 0 Å². The molecule has 1 aromatic carbocycles. The lowest BCUT2D eigenvalue weighted by molar-refractivity contribution is 0.340. The lowest BCUT2D eigenvalue weighted by Gasteiger charge is -2.07. The fourth-order valence-electron chi connectivity index (χ4n) is 1.49. The van der Waals surface area contributed by atoms with Gasteiger partial charge in [-0.15, -0.1) is 0 Å². The van der Waals surface area contributed by atoms with Crippen LogP contribution in [-0.2, 0) is 6.54 Å². The molecule has 6 heteroatoms. The number of nitrogens with two attached hydrogens (primary N) is 1. The summed E-state index contributed by atoms with van der Waals surface area (Å²) in [4.78, 5) is 11.7. The van der Waals surface area contributed by atoms with Gasteiger partial charge in [0.25, 0.3) is 0 Å². The number of hydrogen-bond donors (Lipinski definition) is 2. The zero-order valence-electron chi connectivity index (χ0n) is 10.1. The van der Waals surface area contributed by atoms with Crippen LogP contribution < -0.4 is 15.8 Å². The molecular weight excluding hydrogens is 230 g/mol. The van der Waals surface area contributed by atoms with Gasteiger partial charge >= 0.3 is 0 Å². The molecule has 0 aliphatic heterocycles. The second-order valence-electron chi connectivity index (χ2n) is 3.60. The molecule has 1 heterocycles. The highest BCUT2D eigenvalue weighted by molar-refractivity contribution is 5.33. The third-order valence-electron chi connectivity index (χ3n) is 2.25. The van der Waals surface area contributed by atoms with Crippen LogP contribution in [-0.4, -0.2) is 21.6 Å².